The summed E-state index contributed by atoms with van der Waals surface area (Å²) in [5, 5.41) is 0. The first kappa shape index (κ1) is 8.70. The average molecular weight is 187 g/mol. The third-order valence-corrected chi connectivity index (χ3v) is 1.16. The van der Waals surface area contributed by atoms with Crippen molar-refractivity contribution in [2.45, 2.75) is 13.8 Å². The Morgan fingerprint density at radius 3 is 2.22 bits per heavy atom. The van der Waals surface area contributed by atoms with Gasteiger partial charge in [-0.2, -0.15) is 0 Å². The van der Waals surface area contributed by atoms with Crippen LogP contribution in [0.3, 0.4) is 0 Å². The van der Waals surface area contributed by atoms with E-state index in [0.717, 1.165) is 10.1 Å². The first-order valence-corrected chi connectivity index (χ1v) is 3.62. The minimum absolute atomic E-state index is 1.12. The number of hydrogen-bond donors (Lipinski definition) is 0. The van der Waals surface area contributed by atoms with Crippen molar-refractivity contribution in [1.82, 2.24) is 0 Å². The summed E-state index contributed by atoms with van der Waals surface area (Å²) < 4.78 is 1.12. The minimum atomic E-state index is 1.12. The maximum Gasteiger partial charge on any atom is -0.00746 e. The van der Waals surface area contributed by atoms with E-state index >= 15 is 0 Å². The molecule has 0 aliphatic carbocycles. The Balaban J connectivity index is 4.18. The van der Waals surface area contributed by atoms with Crippen LogP contribution in [0.2, 0.25) is 0 Å². The Hall–Kier alpha value is -0.300. The van der Waals surface area contributed by atoms with E-state index in [1.165, 1.54) is 0 Å². The van der Waals surface area contributed by atoms with Gasteiger partial charge in [0.1, 0.15) is 0 Å². The topological polar surface area (TPSA) is 0 Å². The lowest BCUT2D eigenvalue weighted by Gasteiger charge is -1.89. The summed E-state index contributed by atoms with van der Waals surface area (Å²) in [6.45, 7) is 7.63. The Bertz CT molecular complexity index is 148. The molecule has 0 radical (unpaired) electrons. The van der Waals surface area contributed by atoms with Crippen LogP contribution in [0.25, 0.3) is 0 Å². The second kappa shape index (κ2) is 4.57. The highest BCUT2D eigenvalue weighted by atomic mass is 79.9. The van der Waals surface area contributed by atoms with E-state index in [-0.39, 0.29) is 0 Å². The third-order valence-electron chi connectivity index (χ3n) is 0.935. The SMILES string of the molecule is C=CC(C=C(C)Br)=CC. The second-order valence-corrected chi connectivity index (χ2v) is 2.97. The van der Waals surface area contributed by atoms with Crippen LogP contribution >= 0.6 is 15.9 Å². The van der Waals surface area contributed by atoms with Gasteiger partial charge >= 0.3 is 0 Å². The van der Waals surface area contributed by atoms with Gasteiger partial charge in [0, 0.05) is 0 Å². The zero-order chi connectivity index (χ0) is 7.28. The molecule has 0 fully saturated rings. The highest BCUT2D eigenvalue weighted by Gasteiger charge is 1.81. The van der Waals surface area contributed by atoms with Crippen molar-refractivity contribution in [3.8, 4) is 0 Å². The smallest absolute Gasteiger partial charge is 0.00746 e. The predicted molar refractivity (Wildman–Crippen MR) is 46.6 cm³/mol. The van der Waals surface area contributed by atoms with Crippen molar-refractivity contribution in [3.63, 3.8) is 0 Å². The highest BCUT2D eigenvalue weighted by Crippen LogP contribution is 2.07. The molecule has 0 nitrogen and oxygen atoms in total. The molecule has 0 bridgehead atoms. The van der Waals surface area contributed by atoms with Gasteiger partial charge in [0.25, 0.3) is 0 Å². The molecule has 0 unspecified atom stereocenters. The second-order valence-electron chi connectivity index (χ2n) is 1.72. The molecular weight excluding hydrogens is 176 g/mol. The molecule has 1 heteroatoms. The largest absolute Gasteiger partial charge is 0.0985 e. The van der Waals surface area contributed by atoms with Crippen LogP contribution in [0, 0.1) is 0 Å². The van der Waals surface area contributed by atoms with Crippen molar-refractivity contribution in [1.29, 1.82) is 0 Å². The number of allylic oxidation sites excluding steroid dienone is 5. The molecule has 0 aromatic rings. The van der Waals surface area contributed by atoms with E-state index in [2.05, 4.69) is 22.5 Å². The molecule has 0 N–H and O–H groups in total. The maximum atomic E-state index is 3.65. The van der Waals surface area contributed by atoms with Gasteiger partial charge < -0.3 is 0 Å². The molecule has 0 spiro atoms. The molecule has 0 atom stereocenters. The van der Waals surface area contributed by atoms with Crippen LogP contribution < -0.4 is 0 Å². The first-order valence-electron chi connectivity index (χ1n) is 2.83. The Kier molecular flexibility index (Phi) is 4.41. The van der Waals surface area contributed by atoms with Gasteiger partial charge in [-0.1, -0.05) is 34.7 Å². The molecule has 0 heterocycles. The molecule has 9 heavy (non-hydrogen) atoms. The van der Waals surface area contributed by atoms with Gasteiger partial charge in [-0.15, -0.1) is 0 Å². The summed E-state index contributed by atoms with van der Waals surface area (Å²) in [7, 11) is 0. The first-order chi connectivity index (χ1) is 4.20. The lowest BCUT2D eigenvalue weighted by atomic mass is 10.2. The average Bonchev–Trinajstić information content (AvgIpc) is 1.82. The zero-order valence-corrected chi connectivity index (χ0v) is 7.40. The summed E-state index contributed by atoms with van der Waals surface area (Å²) >= 11 is 3.33. The lowest BCUT2D eigenvalue weighted by molar-refractivity contribution is 1.57. The van der Waals surface area contributed by atoms with Crippen LogP contribution in [0.5, 0.6) is 0 Å². The number of rotatable bonds is 2. The number of halogens is 1. The standard InChI is InChI=1S/C8H11Br/c1-4-8(5-2)6-7(3)9/h4-6H,1H2,2-3H3. The van der Waals surface area contributed by atoms with Crippen LogP contribution in [-0.2, 0) is 0 Å². The summed E-state index contributed by atoms with van der Waals surface area (Å²) in [6.07, 6.45) is 5.86. The van der Waals surface area contributed by atoms with Crippen LogP contribution in [0.4, 0.5) is 0 Å². The molecule has 0 aromatic carbocycles. The molecule has 50 valence electrons. The summed E-state index contributed by atoms with van der Waals surface area (Å²) in [5.74, 6) is 0. The van der Waals surface area contributed by atoms with Crippen molar-refractivity contribution >= 4 is 15.9 Å². The van der Waals surface area contributed by atoms with Crippen molar-refractivity contribution in [2.24, 2.45) is 0 Å². The van der Waals surface area contributed by atoms with Crippen LogP contribution in [0.1, 0.15) is 13.8 Å². The maximum absolute atomic E-state index is 3.65. The Morgan fingerprint density at radius 1 is 1.56 bits per heavy atom. The fourth-order valence-electron chi connectivity index (χ4n) is 0.490. The molecule has 0 saturated heterocycles. The molecule has 0 aromatic heterocycles. The van der Waals surface area contributed by atoms with Crippen LogP contribution in [0.15, 0.2) is 34.9 Å². The highest BCUT2D eigenvalue weighted by molar-refractivity contribution is 9.11. The van der Waals surface area contributed by atoms with Gasteiger partial charge in [0.15, 0.2) is 0 Å². The van der Waals surface area contributed by atoms with Gasteiger partial charge in [0.2, 0.25) is 0 Å². The van der Waals surface area contributed by atoms with Crippen molar-refractivity contribution in [2.75, 3.05) is 0 Å². The molecule has 0 aliphatic heterocycles. The lowest BCUT2D eigenvalue weighted by Crippen LogP contribution is -1.67. The Morgan fingerprint density at radius 2 is 2.11 bits per heavy atom. The summed E-state index contributed by atoms with van der Waals surface area (Å²) in [6, 6.07) is 0. The number of hydrogen-bond acceptors (Lipinski definition) is 0. The molecule has 0 rings (SSSR count). The monoisotopic (exact) mass is 186 g/mol. The van der Waals surface area contributed by atoms with Gasteiger partial charge in [0.05, 0.1) is 0 Å². The molecule has 0 saturated carbocycles. The quantitative estimate of drug-likeness (QED) is 0.581. The van der Waals surface area contributed by atoms with Crippen molar-refractivity contribution < 1.29 is 0 Å². The Labute approximate surface area is 65.1 Å². The van der Waals surface area contributed by atoms with Crippen molar-refractivity contribution in [3.05, 3.63) is 34.9 Å². The van der Waals surface area contributed by atoms with Gasteiger partial charge in [-0.05, 0) is 30.0 Å². The fraction of sp³-hybridized carbons (Fsp3) is 0.250. The zero-order valence-electron chi connectivity index (χ0n) is 5.82. The molecule has 0 aliphatic rings. The van der Waals surface area contributed by atoms with Gasteiger partial charge in [-0.3, -0.25) is 0 Å². The van der Waals surface area contributed by atoms with E-state index < -0.39 is 0 Å². The van der Waals surface area contributed by atoms with Gasteiger partial charge in [-0.25, -0.2) is 0 Å². The summed E-state index contributed by atoms with van der Waals surface area (Å²) in [5.41, 5.74) is 1.14. The molecule has 0 amide bonds. The van der Waals surface area contributed by atoms with E-state index in [4.69, 9.17) is 0 Å². The minimum Gasteiger partial charge on any atom is -0.0985 e. The third kappa shape index (κ3) is 4.22. The molecular formula is C8H11Br. The normalized spacial score (nSPS) is 13.7. The van der Waals surface area contributed by atoms with E-state index in [1.807, 2.05) is 32.1 Å². The fourth-order valence-corrected chi connectivity index (χ4v) is 0.754. The predicted octanol–water partition coefficient (Wildman–Crippen LogP) is 3.42. The van der Waals surface area contributed by atoms with E-state index in [1.54, 1.807) is 0 Å². The summed E-state index contributed by atoms with van der Waals surface area (Å²) in [4.78, 5) is 0. The van der Waals surface area contributed by atoms with Crippen LogP contribution in [-0.4, -0.2) is 0 Å². The van der Waals surface area contributed by atoms with E-state index in [9.17, 15) is 0 Å². The van der Waals surface area contributed by atoms with E-state index in [0.29, 0.717) is 0 Å².